The molecule has 0 saturated carbocycles. The van der Waals surface area contributed by atoms with Crippen molar-refractivity contribution < 1.29 is 9.53 Å². The molecule has 0 amide bonds. The first-order valence-electron chi connectivity index (χ1n) is 4.94. The van der Waals surface area contributed by atoms with E-state index in [2.05, 4.69) is 4.99 Å². The topological polar surface area (TPSA) is 38.7 Å². The van der Waals surface area contributed by atoms with Crippen LogP contribution in [0.5, 0.6) is 0 Å². The fourth-order valence-corrected chi connectivity index (χ4v) is 1.46. The van der Waals surface area contributed by atoms with E-state index < -0.39 is 5.54 Å². The smallest absolute Gasteiger partial charge is 0.217 e. The van der Waals surface area contributed by atoms with E-state index >= 15 is 0 Å². The minimum atomic E-state index is -0.745. The van der Waals surface area contributed by atoms with E-state index in [4.69, 9.17) is 4.74 Å². The lowest BCUT2D eigenvalue weighted by molar-refractivity contribution is -0.113. The van der Waals surface area contributed by atoms with Crippen LogP contribution >= 0.6 is 0 Å². The molecule has 0 fully saturated rings. The highest BCUT2D eigenvalue weighted by molar-refractivity contribution is 5.97. The largest absolute Gasteiger partial charge is 0.471 e. The summed E-state index contributed by atoms with van der Waals surface area (Å²) in [5.41, 5.74) is 0.167. The molecule has 1 heterocycles. The summed E-state index contributed by atoms with van der Waals surface area (Å²) in [6, 6.07) is 9.61. The predicted molar refractivity (Wildman–Crippen MR) is 58.0 cm³/mol. The van der Waals surface area contributed by atoms with Crippen LogP contribution in [0.1, 0.15) is 19.4 Å². The summed E-state index contributed by atoms with van der Waals surface area (Å²) in [6.45, 7) is 3.63. The molecule has 0 N–H and O–H groups in total. The first-order chi connectivity index (χ1) is 7.15. The summed E-state index contributed by atoms with van der Waals surface area (Å²) in [5, 5.41) is 0. The molecule has 1 aliphatic heterocycles. The molecular weight excluding hydrogens is 190 g/mol. The number of benzene rings is 1. The molecule has 2 atom stereocenters. The second-order valence-corrected chi connectivity index (χ2v) is 3.89. The van der Waals surface area contributed by atoms with E-state index in [1.54, 1.807) is 6.92 Å². The van der Waals surface area contributed by atoms with Crippen molar-refractivity contribution in [2.75, 3.05) is 0 Å². The number of nitrogens with zero attached hydrogens (tertiary/aromatic N) is 1. The van der Waals surface area contributed by atoms with Crippen LogP contribution < -0.4 is 0 Å². The lowest BCUT2D eigenvalue weighted by Crippen LogP contribution is -2.33. The van der Waals surface area contributed by atoms with Gasteiger partial charge in [-0.1, -0.05) is 18.2 Å². The number of hydrogen-bond donors (Lipinski definition) is 0. The highest BCUT2D eigenvalue weighted by Crippen LogP contribution is 2.25. The average molecular weight is 203 g/mol. The van der Waals surface area contributed by atoms with Crippen molar-refractivity contribution in [1.82, 2.24) is 0 Å². The Hall–Kier alpha value is -1.64. The summed E-state index contributed by atoms with van der Waals surface area (Å²) in [5.74, 6) is 0.553. The summed E-state index contributed by atoms with van der Waals surface area (Å²) in [4.78, 5) is 15.2. The van der Waals surface area contributed by atoms with Gasteiger partial charge in [-0.25, -0.2) is 4.99 Å². The van der Waals surface area contributed by atoms with Gasteiger partial charge in [-0.3, -0.25) is 0 Å². The van der Waals surface area contributed by atoms with Gasteiger partial charge in [-0.05, 0) is 26.0 Å². The van der Waals surface area contributed by atoms with Crippen molar-refractivity contribution >= 4 is 12.2 Å². The van der Waals surface area contributed by atoms with E-state index in [-0.39, 0.29) is 6.10 Å². The molecular formula is C12H13NO2. The molecule has 15 heavy (non-hydrogen) atoms. The standard InChI is InChI=1S/C12H13NO2/c1-9-12(2,8-14)13-11(15-9)10-6-4-3-5-7-10/h3-9H,1-2H3. The highest BCUT2D eigenvalue weighted by atomic mass is 16.5. The maximum absolute atomic E-state index is 10.9. The number of ether oxygens (including phenoxy) is 1. The lowest BCUT2D eigenvalue weighted by Gasteiger charge is -2.16. The van der Waals surface area contributed by atoms with Crippen LogP contribution in [0, 0.1) is 0 Å². The monoisotopic (exact) mass is 203 g/mol. The molecule has 1 aliphatic rings. The second-order valence-electron chi connectivity index (χ2n) is 3.89. The molecule has 2 unspecified atom stereocenters. The zero-order valence-corrected chi connectivity index (χ0v) is 8.81. The first kappa shape index (κ1) is 9.90. The summed E-state index contributed by atoms with van der Waals surface area (Å²) >= 11 is 0. The van der Waals surface area contributed by atoms with Gasteiger partial charge in [0.15, 0.2) is 11.8 Å². The molecule has 78 valence electrons. The molecule has 3 nitrogen and oxygen atoms in total. The highest BCUT2D eigenvalue weighted by Gasteiger charge is 2.39. The van der Waals surface area contributed by atoms with Crippen LogP contribution in [-0.4, -0.2) is 23.8 Å². The molecule has 0 spiro atoms. The number of carbonyl (C=O) groups excluding carboxylic acids is 1. The zero-order chi connectivity index (χ0) is 10.9. The molecule has 1 aromatic rings. The van der Waals surface area contributed by atoms with Gasteiger partial charge < -0.3 is 9.53 Å². The Morgan fingerprint density at radius 2 is 2.07 bits per heavy atom. The summed E-state index contributed by atoms with van der Waals surface area (Å²) < 4.78 is 5.57. The summed E-state index contributed by atoms with van der Waals surface area (Å²) in [6.07, 6.45) is 0.637. The number of aliphatic imine (C=N–C) groups is 1. The third-order valence-electron chi connectivity index (χ3n) is 2.71. The van der Waals surface area contributed by atoms with Crippen LogP contribution in [0.25, 0.3) is 0 Å². The van der Waals surface area contributed by atoms with E-state index in [0.29, 0.717) is 5.90 Å². The Labute approximate surface area is 88.8 Å². The quantitative estimate of drug-likeness (QED) is 0.687. The molecule has 0 aromatic heterocycles. The Balaban J connectivity index is 2.35. The Bertz CT molecular complexity index is 399. The van der Waals surface area contributed by atoms with E-state index in [1.165, 1.54) is 0 Å². The van der Waals surface area contributed by atoms with E-state index in [9.17, 15) is 4.79 Å². The van der Waals surface area contributed by atoms with Gasteiger partial charge in [-0.2, -0.15) is 0 Å². The maximum Gasteiger partial charge on any atom is 0.217 e. The number of rotatable bonds is 2. The Morgan fingerprint density at radius 3 is 2.60 bits per heavy atom. The minimum absolute atomic E-state index is 0.204. The Morgan fingerprint density at radius 1 is 1.40 bits per heavy atom. The zero-order valence-electron chi connectivity index (χ0n) is 8.81. The lowest BCUT2D eigenvalue weighted by atomic mass is 10.0. The van der Waals surface area contributed by atoms with Crippen LogP contribution in [0.4, 0.5) is 0 Å². The van der Waals surface area contributed by atoms with E-state index in [0.717, 1.165) is 11.8 Å². The number of carbonyl (C=O) groups is 1. The predicted octanol–water partition coefficient (Wildman–Crippen LogP) is 1.81. The van der Waals surface area contributed by atoms with Gasteiger partial charge in [-0.15, -0.1) is 0 Å². The fourth-order valence-electron chi connectivity index (χ4n) is 1.46. The molecule has 2 rings (SSSR count). The van der Waals surface area contributed by atoms with Gasteiger partial charge >= 0.3 is 0 Å². The average Bonchev–Trinajstić information content (AvgIpc) is 2.58. The SMILES string of the molecule is CC1OC(c2ccccc2)=NC1(C)C=O. The van der Waals surface area contributed by atoms with Crippen molar-refractivity contribution in [2.45, 2.75) is 25.5 Å². The molecule has 3 heteroatoms. The van der Waals surface area contributed by atoms with E-state index in [1.807, 2.05) is 37.3 Å². The van der Waals surface area contributed by atoms with Crippen LogP contribution in [0.3, 0.4) is 0 Å². The minimum Gasteiger partial charge on any atom is -0.471 e. The van der Waals surface area contributed by atoms with Gasteiger partial charge in [0.25, 0.3) is 0 Å². The first-order valence-corrected chi connectivity index (χ1v) is 4.94. The van der Waals surface area contributed by atoms with Crippen molar-refractivity contribution in [1.29, 1.82) is 0 Å². The molecule has 0 radical (unpaired) electrons. The van der Waals surface area contributed by atoms with Gasteiger partial charge in [0.05, 0.1) is 0 Å². The number of hydrogen-bond acceptors (Lipinski definition) is 3. The van der Waals surface area contributed by atoms with Crippen molar-refractivity contribution in [3.8, 4) is 0 Å². The molecule has 0 saturated heterocycles. The van der Waals surface area contributed by atoms with Crippen molar-refractivity contribution in [3.05, 3.63) is 35.9 Å². The third-order valence-corrected chi connectivity index (χ3v) is 2.71. The number of aldehydes is 1. The second kappa shape index (κ2) is 3.50. The summed E-state index contributed by atoms with van der Waals surface area (Å²) in [7, 11) is 0. The van der Waals surface area contributed by atoms with Crippen LogP contribution in [0.2, 0.25) is 0 Å². The molecule has 0 aliphatic carbocycles. The maximum atomic E-state index is 10.9. The van der Waals surface area contributed by atoms with Gasteiger partial charge in [0.1, 0.15) is 6.10 Å². The Kier molecular flexibility index (Phi) is 2.31. The molecule has 0 bridgehead atoms. The van der Waals surface area contributed by atoms with Crippen molar-refractivity contribution in [3.63, 3.8) is 0 Å². The fraction of sp³-hybridized carbons (Fsp3) is 0.333. The third kappa shape index (κ3) is 1.65. The van der Waals surface area contributed by atoms with Crippen molar-refractivity contribution in [2.24, 2.45) is 4.99 Å². The van der Waals surface area contributed by atoms with Gasteiger partial charge in [0.2, 0.25) is 5.90 Å². The van der Waals surface area contributed by atoms with Crippen LogP contribution in [0.15, 0.2) is 35.3 Å². The normalized spacial score (nSPS) is 29.5. The molecule has 1 aromatic carbocycles. The van der Waals surface area contributed by atoms with Crippen LogP contribution in [-0.2, 0) is 9.53 Å². The van der Waals surface area contributed by atoms with Gasteiger partial charge in [0, 0.05) is 5.56 Å².